The Morgan fingerprint density at radius 2 is 2.00 bits per heavy atom. The van der Waals surface area contributed by atoms with Gasteiger partial charge in [-0.05, 0) is 40.0 Å². The van der Waals surface area contributed by atoms with Crippen LogP contribution in [0.4, 0.5) is 0 Å². The van der Waals surface area contributed by atoms with E-state index in [-0.39, 0.29) is 29.8 Å². The van der Waals surface area contributed by atoms with Crippen LogP contribution in [0.2, 0.25) is 0 Å². The minimum absolute atomic E-state index is 0.0127. The van der Waals surface area contributed by atoms with Gasteiger partial charge in [-0.15, -0.1) is 0 Å². The predicted octanol–water partition coefficient (Wildman–Crippen LogP) is 0.158. The third-order valence-electron chi connectivity index (χ3n) is 3.57. The maximum Gasteiger partial charge on any atom is 0.239 e. The number of carbonyl (C=O) groups is 2. The van der Waals surface area contributed by atoms with Crippen LogP contribution in [-0.4, -0.2) is 36.0 Å². The Kier molecular flexibility index (Phi) is 3.61. The number of hydrogen-bond donors (Lipinski definition) is 3. The van der Waals surface area contributed by atoms with Crippen molar-refractivity contribution < 1.29 is 9.59 Å². The van der Waals surface area contributed by atoms with Gasteiger partial charge in [0.25, 0.3) is 0 Å². The summed E-state index contributed by atoms with van der Waals surface area (Å²) in [6, 6.07) is 0.829. The molecule has 0 saturated carbocycles. The number of amides is 2. The van der Waals surface area contributed by atoms with E-state index in [0.717, 1.165) is 12.8 Å². The molecule has 2 bridgehead atoms. The summed E-state index contributed by atoms with van der Waals surface area (Å²) in [6.45, 7) is 5.84. The maximum atomic E-state index is 12.0. The lowest BCUT2D eigenvalue weighted by molar-refractivity contribution is -0.129. The molecule has 5 heteroatoms. The zero-order valence-electron chi connectivity index (χ0n) is 11.4. The Bertz CT molecular complexity index is 349. The van der Waals surface area contributed by atoms with Crippen LogP contribution in [0.15, 0.2) is 0 Å². The summed E-state index contributed by atoms with van der Waals surface area (Å²) >= 11 is 0. The molecule has 3 atom stereocenters. The van der Waals surface area contributed by atoms with Crippen molar-refractivity contribution in [2.75, 3.05) is 6.54 Å². The van der Waals surface area contributed by atoms with E-state index >= 15 is 0 Å². The van der Waals surface area contributed by atoms with Crippen LogP contribution in [0.3, 0.4) is 0 Å². The molecule has 18 heavy (non-hydrogen) atoms. The Balaban J connectivity index is 1.74. The highest BCUT2D eigenvalue weighted by Gasteiger charge is 2.42. The van der Waals surface area contributed by atoms with Gasteiger partial charge in [-0.2, -0.15) is 0 Å². The SMILES string of the molecule is CC(C)(C)NC(=O)CNC(=O)C1CC2CCC1N2. The lowest BCUT2D eigenvalue weighted by atomic mass is 9.88. The van der Waals surface area contributed by atoms with Crippen LogP contribution < -0.4 is 16.0 Å². The van der Waals surface area contributed by atoms with E-state index in [1.54, 1.807) is 0 Å². The Morgan fingerprint density at radius 1 is 1.28 bits per heavy atom. The van der Waals surface area contributed by atoms with E-state index in [9.17, 15) is 9.59 Å². The molecule has 0 radical (unpaired) electrons. The summed E-state index contributed by atoms with van der Waals surface area (Å²) in [7, 11) is 0. The van der Waals surface area contributed by atoms with Crippen LogP contribution in [0, 0.1) is 5.92 Å². The first-order valence-electron chi connectivity index (χ1n) is 6.70. The molecule has 0 aromatic carbocycles. The van der Waals surface area contributed by atoms with Crippen LogP contribution in [0.5, 0.6) is 0 Å². The Hall–Kier alpha value is -1.10. The lowest BCUT2D eigenvalue weighted by Crippen LogP contribution is -2.47. The number of hydrogen-bond acceptors (Lipinski definition) is 3. The van der Waals surface area contributed by atoms with Crippen molar-refractivity contribution in [2.45, 2.75) is 57.7 Å². The van der Waals surface area contributed by atoms with Crippen molar-refractivity contribution in [3.8, 4) is 0 Å². The van der Waals surface area contributed by atoms with E-state index in [1.165, 1.54) is 6.42 Å². The third kappa shape index (κ3) is 3.22. The molecule has 2 aliphatic rings. The fourth-order valence-electron chi connectivity index (χ4n) is 2.87. The van der Waals surface area contributed by atoms with Gasteiger partial charge in [-0.1, -0.05) is 0 Å². The first-order valence-corrected chi connectivity index (χ1v) is 6.70. The average Bonchev–Trinajstić information content (AvgIpc) is 2.84. The molecule has 102 valence electrons. The van der Waals surface area contributed by atoms with E-state index in [4.69, 9.17) is 0 Å². The van der Waals surface area contributed by atoms with Gasteiger partial charge in [0.15, 0.2) is 0 Å². The first kappa shape index (κ1) is 13.3. The molecule has 2 heterocycles. The molecule has 5 nitrogen and oxygen atoms in total. The summed E-state index contributed by atoms with van der Waals surface area (Å²) in [4.78, 5) is 23.6. The minimum atomic E-state index is -0.254. The third-order valence-corrected chi connectivity index (χ3v) is 3.57. The number of carbonyl (C=O) groups excluding carboxylic acids is 2. The van der Waals surface area contributed by atoms with Gasteiger partial charge in [0.05, 0.1) is 12.5 Å². The maximum absolute atomic E-state index is 12.0. The predicted molar refractivity (Wildman–Crippen MR) is 69.0 cm³/mol. The largest absolute Gasteiger partial charge is 0.350 e. The van der Waals surface area contributed by atoms with Gasteiger partial charge >= 0.3 is 0 Å². The molecular formula is C13H23N3O2. The van der Waals surface area contributed by atoms with Crippen LogP contribution in [0.25, 0.3) is 0 Å². The van der Waals surface area contributed by atoms with Gasteiger partial charge < -0.3 is 16.0 Å². The van der Waals surface area contributed by atoms with E-state index < -0.39 is 0 Å². The molecule has 0 aromatic rings. The second-order valence-electron chi connectivity index (χ2n) is 6.41. The summed E-state index contributed by atoms with van der Waals surface area (Å²) in [5.41, 5.74) is -0.254. The number of nitrogens with one attached hydrogen (secondary N) is 3. The Morgan fingerprint density at radius 3 is 2.50 bits per heavy atom. The molecular weight excluding hydrogens is 230 g/mol. The highest BCUT2D eigenvalue weighted by Crippen LogP contribution is 2.33. The smallest absolute Gasteiger partial charge is 0.239 e. The highest BCUT2D eigenvalue weighted by molar-refractivity contribution is 5.86. The second kappa shape index (κ2) is 4.88. The van der Waals surface area contributed by atoms with Crippen LogP contribution in [0.1, 0.15) is 40.0 Å². The summed E-state index contributed by atoms with van der Waals surface area (Å²) in [6.07, 6.45) is 3.17. The summed E-state index contributed by atoms with van der Waals surface area (Å²) < 4.78 is 0. The lowest BCUT2D eigenvalue weighted by Gasteiger charge is -2.22. The number of fused-ring (bicyclic) bond motifs is 2. The fraction of sp³-hybridized carbons (Fsp3) is 0.846. The van der Waals surface area contributed by atoms with Crippen LogP contribution in [-0.2, 0) is 9.59 Å². The van der Waals surface area contributed by atoms with Crippen molar-refractivity contribution in [3.63, 3.8) is 0 Å². The summed E-state index contributed by atoms with van der Waals surface area (Å²) in [5, 5.41) is 8.99. The molecule has 3 unspecified atom stereocenters. The number of rotatable bonds is 3. The molecule has 2 saturated heterocycles. The molecule has 2 aliphatic heterocycles. The van der Waals surface area contributed by atoms with E-state index in [0.29, 0.717) is 12.1 Å². The monoisotopic (exact) mass is 253 g/mol. The van der Waals surface area contributed by atoms with Crippen molar-refractivity contribution in [2.24, 2.45) is 5.92 Å². The van der Waals surface area contributed by atoms with Crippen LogP contribution >= 0.6 is 0 Å². The molecule has 0 spiro atoms. The molecule has 2 fully saturated rings. The second-order valence-corrected chi connectivity index (χ2v) is 6.41. The standard InChI is InChI=1S/C13H23N3O2/c1-13(2,3)16-11(17)7-14-12(18)9-6-8-4-5-10(9)15-8/h8-10,15H,4-7H2,1-3H3,(H,14,18)(H,16,17). The summed E-state index contributed by atoms with van der Waals surface area (Å²) in [5.74, 6) is -0.0723. The van der Waals surface area contributed by atoms with E-state index in [1.807, 2.05) is 20.8 Å². The van der Waals surface area contributed by atoms with Gasteiger partial charge in [0.1, 0.15) is 0 Å². The molecule has 2 amide bonds. The van der Waals surface area contributed by atoms with Gasteiger partial charge in [0.2, 0.25) is 11.8 Å². The molecule has 0 aromatic heterocycles. The zero-order chi connectivity index (χ0) is 13.3. The molecule has 3 N–H and O–H groups in total. The fourth-order valence-corrected chi connectivity index (χ4v) is 2.87. The topological polar surface area (TPSA) is 70.2 Å². The zero-order valence-corrected chi connectivity index (χ0v) is 11.4. The van der Waals surface area contributed by atoms with Crippen molar-refractivity contribution in [1.29, 1.82) is 0 Å². The normalized spacial score (nSPS) is 30.3. The van der Waals surface area contributed by atoms with Crippen molar-refractivity contribution in [1.82, 2.24) is 16.0 Å². The highest BCUT2D eigenvalue weighted by atomic mass is 16.2. The Labute approximate surface area is 108 Å². The average molecular weight is 253 g/mol. The quantitative estimate of drug-likeness (QED) is 0.671. The van der Waals surface area contributed by atoms with Gasteiger partial charge in [-0.25, -0.2) is 0 Å². The van der Waals surface area contributed by atoms with Crippen molar-refractivity contribution in [3.05, 3.63) is 0 Å². The van der Waals surface area contributed by atoms with E-state index in [2.05, 4.69) is 16.0 Å². The molecule has 0 aliphatic carbocycles. The first-order chi connectivity index (χ1) is 8.35. The van der Waals surface area contributed by atoms with Gasteiger partial charge in [-0.3, -0.25) is 9.59 Å². The minimum Gasteiger partial charge on any atom is -0.350 e. The van der Waals surface area contributed by atoms with Crippen molar-refractivity contribution >= 4 is 11.8 Å². The van der Waals surface area contributed by atoms with Gasteiger partial charge in [0, 0.05) is 17.6 Å². The molecule has 2 rings (SSSR count).